The minimum absolute atomic E-state index is 0.312. The quantitative estimate of drug-likeness (QED) is 0.843. The maximum atomic E-state index is 5.83. The summed E-state index contributed by atoms with van der Waals surface area (Å²) in [6.07, 6.45) is 4.40. The minimum atomic E-state index is 0.312. The summed E-state index contributed by atoms with van der Waals surface area (Å²) in [6.45, 7) is 3.70. The summed E-state index contributed by atoms with van der Waals surface area (Å²) < 4.78 is 11.3. The van der Waals surface area contributed by atoms with Crippen molar-refractivity contribution in [3.8, 4) is 0 Å². The van der Waals surface area contributed by atoms with Crippen LogP contribution in [0.5, 0.6) is 0 Å². The van der Waals surface area contributed by atoms with E-state index in [0.29, 0.717) is 11.8 Å². The second-order valence-corrected chi connectivity index (χ2v) is 4.92. The van der Waals surface area contributed by atoms with Crippen LogP contribution in [0, 0.1) is 0 Å². The first-order valence-corrected chi connectivity index (χ1v) is 6.55. The molecule has 1 unspecified atom stereocenters. The largest absolute Gasteiger partial charge is 0.425 e. The molecule has 5 nitrogen and oxygen atoms in total. The van der Waals surface area contributed by atoms with Gasteiger partial charge in [0.05, 0.1) is 12.5 Å². The fourth-order valence-electron chi connectivity index (χ4n) is 2.58. The van der Waals surface area contributed by atoms with Gasteiger partial charge < -0.3 is 14.5 Å². The van der Waals surface area contributed by atoms with E-state index in [4.69, 9.17) is 9.15 Å². The Balaban J connectivity index is 1.68. The molecule has 3 rings (SSSR count). The van der Waals surface area contributed by atoms with Crippen LogP contribution in [0.3, 0.4) is 0 Å². The molecule has 0 aliphatic carbocycles. The summed E-state index contributed by atoms with van der Waals surface area (Å²) in [4.78, 5) is 0. The van der Waals surface area contributed by atoms with Crippen LogP contribution in [0.15, 0.2) is 4.42 Å². The first-order chi connectivity index (χ1) is 8.43. The molecule has 1 aromatic rings. The Labute approximate surface area is 101 Å². The lowest BCUT2D eigenvalue weighted by Crippen LogP contribution is -2.26. The van der Waals surface area contributed by atoms with Crippen molar-refractivity contribution in [2.24, 2.45) is 0 Å². The highest BCUT2D eigenvalue weighted by Gasteiger charge is 2.25. The molecule has 2 aliphatic heterocycles. The monoisotopic (exact) mass is 237 g/mol. The zero-order chi connectivity index (χ0) is 11.5. The highest BCUT2D eigenvalue weighted by molar-refractivity contribution is 4.98. The van der Waals surface area contributed by atoms with Crippen molar-refractivity contribution in [2.75, 3.05) is 26.3 Å². The lowest BCUT2D eigenvalue weighted by Gasteiger charge is -2.20. The third kappa shape index (κ3) is 2.50. The average Bonchev–Trinajstić information content (AvgIpc) is 2.90. The average molecular weight is 237 g/mol. The molecule has 0 spiro atoms. The van der Waals surface area contributed by atoms with Crippen LogP contribution in [0.2, 0.25) is 0 Å². The first-order valence-electron chi connectivity index (χ1n) is 6.55. The van der Waals surface area contributed by atoms with Gasteiger partial charge in [-0.1, -0.05) is 0 Å². The Morgan fingerprint density at radius 2 is 1.76 bits per heavy atom. The minimum Gasteiger partial charge on any atom is -0.425 e. The summed E-state index contributed by atoms with van der Waals surface area (Å²) in [7, 11) is 0. The van der Waals surface area contributed by atoms with Crippen LogP contribution in [-0.2, 0) is 4.74 Å². The highest BCUT2D eigenvalue weighted by atomic mass is 16.5. The van der Waals surface area contributed by atoms with Gasteiger partial charge in [-0.3, -0.25) is 0 Å². The van der Waals surface area contributed by atoms with Gasteiger partial charge in [-0.15, -0.1) is 10.2 Å². The van der Waals surface area contributed by atoms with E-state index >= 15 is 0 Å². The highest BCUT2D eigenvalue weighted by Crippen LogP contribution is 2.28. The van der Waals surface area contributed by atoms with Crippen molar-refractivity contribution in [2.45, 2.75) is 37.5 Å². The molecule has 1 aromatic heterocycles. The molecule has 94 valence electrons. The molecule has 3 heterocycles. The molecule has 0 bridgehead atoms. The molecule has 17 heavy (non-hydrogen) atoms. The summed E-state index contributed by atoms with van der Waals surface area (Å²) >= 11 is 0. The van der Waals surface area contributed by atoms with Crippen LogP contribution in [0.1, 0.15) is 49.3 Å². The van der Waals surface area contributed by atoms with E-state index in [2.05, 4.69) is 15.5 Å². The van der Waals surface area contributed by atoms with Crippen molar-refractivity contribution < 1.29 is 9.15 Å². The van der Waals surface area contributed by atoms with Gasteiger partial charge in [-0.25, -0.2) is 0 Å². The Morgan fingerprint density at radius 1 is 1.00 bits per heavy atom. The van der Waals surface area contributed by atoms with Gasteiger partial charge in [0.2, 0.25) is 11.8 Å². The van der Waals surface area contributed by atoms with Gasteiger partial charge in [0, 0.05) is 12.5 Å². The van der Waals surface area contributed by atoms with Crippen molar-refractivity contribution in [3.05, 3.63) is 11.8 Å². The molecular formula is C12H19N3O2. The molecule has 0 radical (unpaired) electrons. The summed E-state index contributed by atoms with van der Waals surface area (Å²) in [5, 5.41) is 11.8. The smallest absolute Gasteiger partial charge is 0.221 e. The van der Waals surface area contributed by atoms with Crippen LogP contribution in [0.4, 0.5) is 0 Å². The summed E-state index contributed by atoms with van der Waals surface area (Å²) in [6, 6.07) is 0. The summed E-state index contributed by atoms with van der Waals surface area (Å²) in [5.41, 5.74) is 0. The molecule has 2 fully saturated rings. The van der Waals surface area contributed by atoms with E-state index in [9.17, 15) is 0 Å². The number of ether oxygens (including phenoxy) is 1. The van der Waals surface area contributed by atoms with Gasteiger partial charge in [-0.2, -0.15) is 0 Å². The van der Waals surface area contributed by atoms with Crippen LogP contribution in [0.25, 0.3) is 0 Å². The van der Waals surface area contributed by atoms with Crippen molar-refractivity contribution in [1.29, 1.82) is 0 Å². The number of hydrogen-bond donors (Lipinski definition) is 1. The van der Waals surface area contributed by atoms with E-state index < -0.39 is 0 Å². The molecule has 1 N–H and O–H groups in total. The number of nitrogens with zero attached hydrogens (tertiary/aromatic N) is 2. The summed E-state index contributed by atoms with van der Waals surface area (Å²) in [5.74, 6) is 2.36. The number of piperidine rings is 1. The van der Waals surface area contributed by atoms with Crippen molar-refractivity contribution >= 4 is 0 Å². The Morgan fingerprint density at radius 3 is 2.47 bits per heavy atom. The van der Waals surface area contributed by atoms with E-state index in [1.807, 2.05) is 0 Å². The van der Waals surface area contributed by atoms with E-state index in [0.717, 1.165) is 63.8 Å². The predicted molar refractivity (Wildman–Crippen MR) is 61.9 cm³/mol. The van der Waals surface area contributed by atoms with Crippen molar-refractivity contribution in [1.82, 2.24) is 15.5 Å². The normalized spacial score (nSPS) is 27.2. The Hall–Kier alpha value is -0.940. The lowest BCUT2D eigenvalue weighted by atomic mass is 9.98. The van der Waals surface area contributed by atoms with Crippen LogP contribution >= 0.6 is 0 Å². The van der Waals surface area contributed by atoms with E-state index in [-0.39, 0.29) is 0 Å². The number of nitrogens with one attached hydrogen (secondary N) is 1. The third-order valence-corrected chi connectivity index (χ3v) is 3.65. The van der Waals surface area contributed by atoms with E-state index in [1.165, 1.54) is 0 Å². The standard InChI is InChI=1S/C12H19N3O2/c1-2-10(8-16-7-1)12-15-14-11(17-12)9-3-5-13-6-4-9/h9-10,13H,1-8H2. The van der Waals surface area contributed by atoms with Gasteiger partial charge in [0.25, 0.3) is 0 Å². The van der Waals surface area contributed by atoms with E-state index in [1.54, 1.807) is 0 Å². The van der Waals surface area contributed by atoms with Crippen LogP contribution in [-0.4, -0.2) is 36.5 Å². The number of aromatic nitrogens is 2. The maximum absolute atomic E-state index is 5.83. The predicted octanol–water partition coefficient (Wildman–Crippen LogP) is 1.43. The molecule has 2 aliphatic rings. The molecule has 5 heteroatoms. The molecule has 0 saturated carbocycles. The maximum Gasteiger partial charge on any atom is 0.221 e. The molecule has 0 amide bonds. The van der Waals surface area contributed by atoms with Gasteiger partial charge in [0.15, 0.2) is 0 Å². The molecule has 2 saturated heterocycles. The van der Waals surface area contributed by atoms with Crippen molar-refractivity contribution in [3.63, 3.8) is 0 Å². The molecule has 0 aromatic carbocycles. The third-order valence-electron chi connectivity index (χ3n) is 3.65. The Kier molecular flexibility index (Phi) is 3.38. The fraction of sp³-hybridized carbons (Fsp3) is 0.833. The molecule has 1 atom stereocenters. The van der Waals surface area contributed by atoms with Crippen LogP contribution < -0.4 is 5.32 Å². The topological polar surface area (TPSA) is 60.2 Å². The number of rotatable bonds is 2. The zero-order valence-corrected chi connectivity index (χ0v) is 10.0. The second kappa shape index (κ2) is 5.14. The SMILES string of the molecule is C1COCC(c2nnc(C3CCNCC3)o2)C1. The fourth-order valence-corrected chi connectivity index (χ4v) is 2.58. The zero-order valence-electron chi connectivity index (χ0n) is 10.0. The lowest BCUT2D eigenvalue weighted by molar-refractivity contribution is 0.0719. The first kappa shape index (κ1) is 11.2. The second-order valence-electron chi connectivity index (χ2n) is 4.92. The number of hydrogen-bond acceptors (Lipinski definition) is 5. The Bertz CT molecular complexity index is 322. The van der Waals surface area contributed by atoms with Gasteiger partial charge in [-0.05, 0) is 38.8 Å². The van der Waals surface area contributed by atoms with Gasteiger partial charge in [0.1, 0.15) is 0 Å². The van der Waals surface area contributed by atoms with Gasteiger partial charge >= 0.3 is 0 Å². The molecular weight excluding hydrogens is 218 g/mol.